The first kappa shape index (κ1) is 20.6. The van der Waals surface area contributed by atoms with E-state index in [1.165, 1.54) is 5.56 Å². The molecule has 2 aromatic rings. The van der Waals surface area contributed by atoms with Crippen molar-refractivity contribution in [2.24, 2.45) is 0 Å². The fourth-order valence-corrected chi connectivity index (χ4v) is 5.25. The van der Waals surface area contributed by atoms with Crippen LogP contribution in [0.15, 0.2) is 60.7 Å². The van der Waals surface area contributed by atoms with Gasteiger partial charge in [0.25, 0.3) is 5.91 Å². The number of carbonyl (C=O) groups is 2. The summed E-state index contributed by atoms with van der Waals surface area (Å²) >= 11 is 0. The van der Waals surface area contributed by atoms with Crippen LogP contribution >= 0.6 is 0 Å². The molecule has 1 heterocycles. The maximum atomic E-state index is 13.9. The van der Waals surface area contributed by atoms with Crippen molar-refractivity contribution in [2.45, 2.75) is 62.8 Å². The lowest BCUT2D eigenvalue weighted by atomic mass is 9.76. The number of hydrogen-bond acceptors (Lipinski definition) is 2. The molecule has 158 valence electrons. The molecule has 2 amide bonds. The Morgan fingerprint density at radius 2 is 1.57 bits per heavy atom. The zero-order chi connectivity index (χ0) is 20.8. The van der Waals surface area contributed by atoms with E-state index in [2.05, 4.69) is 34.5 Å². The van der Waals surface area contributed by atoms with Gasteiger partial charge in [0.15, 0.2) is 0 Å². The van der Waals surface area contributed by atoms with E-state index in [-0.39, 0.29) is 17.4 Å². The Morgan fingerprint density at radius 1 is 0.900 bits per heavy atom. The van der Waals surface area contributed by atoms with Gasteiger partial charge in [-0.1, -0.05) is 61.4 Å². The molecule has 1 aliphatic carbocycles. The van der Waals surface area contributed by atoms with Crippen LogP contribution in [0.3, 0.4) is 0 Å². The lowest BCUT2D eigenvalue weighted by Gasteiger charge is -2.42. The van der Waals surface area contributed by atoms with Gasteiger partial charge in [0.2, 0.25) is 5.91 Å². The van der Waals surface area contributed by atoms with E-state index in [0.29, 0.717) is 18.0 Å². The number of amides is 2. The van der Waals surface area contributed by atoms with Crippen LogP contribution in [-0.2, 0) is 10.2 Å². The van der Waals surface area contributed by atoms with Crippen molar-refractivity contribution in [3.05, 3.63) is 71.8 Å². The fraction of sp³-hybridized carbons (Fsp3) is 0.462. The van der Waals surface area contributed by atoms with Gasteiger partial charge in [0.1, 0.15) is 0 Å². The third-order valence-electron chi connectivity index (χ3n) is 6.88. The van der Waals surface area contributed by atoms with Gasteiger partial charge in [-0.05, 0) is 56.2 Å². The lowest BCUT2D eigenvalue weighted by Crippen LogP contribution is -2.52. The van der Waals surface area contributed by atoms with Gasteiger partial charge < -0.3 is 10.2 Å². The highest BCUT2D eigenvalue weighted by atomic mass is 16.2. The van der Waals surface area contributed by atoms with E-state index in [1.54, 1.807) is 0 Å². The van der Waals surface area contributed by atoms with E-state index in [1.807, 2.05) is 36.4 Å². The summed E-state index contributed by atoms with van der Waals surface area (Å²) in [6.07, 6.45) is 8.20. The Bertz CT molecular complexity index is 844. The molecule has 1 unspecified atom stereocenters. The maximum absolute atomic E-state index is 13.9. The number of nitrogens with zero attached hydrogens (tertiary/aromatic N) is 1. The molecular formula is C26H32N2O2. The highest BCUT2D eigenvalue weighted by molar-refractivity contribution is 5.94. The second-order valence-corrected chi connectivity index (χ2v) is 8.71. The van der Waals surface area contributed by atoms with Crippen molar-refractivity contribution in [3.8, 4) is 0 Å². The molecule has 1 N–H and O–H groups in total. The van der Waals surface area contributed by atoms with E-state index >= 15 is 0 Å². The molecule has 1 saturated carbocycles. The quantitative estimate of drug-likeness (QED) is 0.759. The van der Waals surface area contributed by atoms with Crippen LogP contribution in [0.4, 0.5) is 0 Å². The SMILES string of the molecule is O=C(NCCC1CCCCN1C(=O)C1(c2ccccc2)CCCC1)c1ccccc1. The van der Waals surface area contributed by atoms with Crippen molar-refractivity contribution >= 4 is 11.8 Å². The number of benzene rings is 2. The molecule has 0 spiro atoms. The minimum Gasteiger partial charge on any atom is -0.352 e. The van der Waals surface area contributed by atoms with Crippen LogP contribution in [0.25, 0.3) is 0 Å². The summed E-state index contributed by atoms with van der Waals surface area (Å²) in [7, 11) is 0. The van der Waals surface area contributed by atoms with Gasteiger partial charge in [-0.15, -0.1) is 0 Å². The molecule has 0 radical (unpaired) electrons. The van der Waals surface area contributed by atoms with Gasteiger partial charge in [0.05, 0.1) is 5.41 Å². The molecule has 4 nitrogen and oxygen atoms in total. The summed E-state index contributed by atoms with van der Waals surface area (Å²) in [6, 6.07) is 19.9. The zero-order valence-electron chi connectivity index (χ0n) is 17.7. The smallest absolute Gasteiger partial charge is 0.251 e. The Hall–Kier alpha value is -2.62. The summed E-state index contributed by atoms with van der Waals surface area (Å²) < 4.78 is 0. The van der Waals surface area contributed by atoms with Crippen molar-refractivity contribution in [2.75, 3.05) is 13.1 Å². The highest BCUT2D eigenvalue weighted by Gasteiger charge is 2.46. The average molecular weight is 405 g/mol. The van der Waals surface area contributed by atoms with Crippen LogP contribution in [0, 0.1) is 0 Å². The third-order valence-corrected chi connectivity index (χ3v) is 6.88. The number of rotatable bonds is 6. The molecule has 1 aliphatic heterocycles. The minimum absolute atomic E-state index is 0.0409. The average Bonchev–Trinajstić information content (AvgIpc) is 3.31. The second-order valence-electron chi connectivity index (χ2n) is 8.71. The Labute approximate surface area is 179 Å². The van der Waals surface area contributed by atoms with Crippen LogP contribution in [0.1, 0.15) is 67.3 Å². The first-order valence-corrected chi connectivity index (χ1v) is 11.4. The Morgan fingerprint density at radius 3 is 2.27 bits per heavy atom. The molecule has 1 saturated heterocycles. The number of nitrogens with one attached hydrogen (secondary N) is 1. The van der Waals surface area contributed by atoms with Gasteiger partial charge in [-0.2, -0.15) is 0 Å². The predicted octanol–water partition coefficient (Wildman–Crippen LogP) is 4.70. The summed E-state index contributed by atoms with van der Waals surface area (Å²) in [5, 5.41) is 3.04. The topological polar surface area (TPSA) is 49.4 Å². The Kier molecular flexibility index (Phi) is 6.51. The van der Waals surface area contributed by atoms with Crippen LogP contribution in [0.2, 0.25) is 0 Å². The molecule has 30 heavy (non-hydrogen) atoms. The summed E-state index contributed by atoms with van der Waals surface area (Å²) in [5.41, 5.74) is 1.50. The normalized spacial score (nSPS) is 20.7. The molecular weight excluding hydrogens is 372 g/mol. The molecule has 0 bridgehead atoms. The maximum Gasteiger partial charge on any atom is 0.251 e. The standard InChI is InChI=1S/C26H32N2O2/c29-24(21-11-3-1-4-12-21)27-19-16-23-15-7-10-20-28(23)25(30)26(17-8-9-18-26)22-13-5-2-6-14-22/h1-6,11-14,23H,7-10,15-20H2,(H,27,29). The van der Waals surface area contributed by atoms with Gasteiger partial charge in [0, 0.05) is 24.7 Å². The first-order valence-electron chi connectivity index (χ1n) is 11.4. The van der Waals surface area contributed by atoms with Crippen LogP contribution in [-0.4, -0.2) is 35.8 Å². The lowest BCUT2D eigenvalue weighted by molar-refractivity contribution is -0.141. The minimum atomic E-state index is -0.357. The fourth-order valence-electron chi connectivity index (χ4n) is 5.25. The molecule has 4 rings (SSSR count). The van der Waals surface area contributed by atoms with Crippen LogP contribution in [0.5, 0.6) is 0 Å². The van der Waals surface area contributed by atoms with E-state index in [4.69, 9.17) is 0 Å². The zero-order valence-corrected chi connectivity index (χ0v) is 17.7. The van der Waals surface area contributed by atoms with Gasteiger partial charge in [-0.3, -0.25) is 9.59 Å². The number of piperidine rings is 1. The van der Waals surface area contributed by atoms with E-state index < -0.39 is 0 Å². The molecule has 2 fully saturated rings. The summed E-state index contributed by atoms with van der Waals surface area (Å²) in [5.74, 6) is 0.270. The Balaban J connectivity index is 1.44. The van der Waals surface area contributed by atoms with Crippen molar-refractivity contribution in [3.63, 3.8) is 0 Å². The third kappa shape index (κ3) is 4.28. The molecule has 2 aromatic carbocycles. The first-order chi connectivity index (χ1) is 14.7. The molecule has 1 atom stereocenters. The monoisotopic (exact) mass is 404 g/mol. The van der Waals surface area contributed by atoms with Crippen molar-refractivity contribution < 1.29 is 9.59 Å². The largest absolute Gasteiger partial charge is 0.352 e. The highest BCUT2D eigenvalue weighted by Crippen LogP contribution is 2.43. The second kappa shape index (κ2) is 9.46. The van der Waals surface area contributed by atoms with Crippen LogP contribution < -0.4 is 5.32 Å². The molecule has 0 aromatic heterocycles. The number of hydrogen-bond donors (Lipinski definition) is 1. The predicted molar refractivity (Wildman–Crippen MR) is 119 cm³/mol. The van der Waals surface area contributed by atoms with E-state index in [9.17, 15) is 9.59 Å². The van der Waals surface area contributed by atoms with E-state index in [0.717, 1.165) is 57.9 Å². The van der Waals surface area contributed by atoms with Gasteiger partial charge in [-0.25, -0.2) is 0 Å². The van der Waals surface area contributed by atoms with Gasteiger partial charge >= 0.3 is 0 Å². The summed E-state index contributed by atoms with van der Waals surface area (Å²) in [4.78, 5) is 28.4. The molecule has 2 aliphatic rings. The van der Waals surface area contributed by atoms with Crippen molar-refractivity contribution in [1.82, 2.24) is 10.2 Å². The summed E-state index contributed by atoms with van der Waals surface area (Å²) in [6.45, 7) is 1.44. The number of likely N-dealkylation sites (tertiary alicyclic amines) is 1. The van der Waals surface area contributed by atoms with Crippen molar-refractivity contribution in [1.29, 1.82) is 0 Å². The molecule has 4 heteroatoms. The number of carbonyl (C=O) groups excluding carboxylic acids is 2.